The van der Waals surface area contributed by atoms with Crippen molar-refractivity contribution in [2.24, 2.45) is 7.05 Å². The van der Waals surface area contributed by atoms with Gasteiger partial charge in [0, 0.05) is 17.3 Å². The van der Waals surface area contributed by atoms with Crippen molar-refractivity contribution in [3.05, 3.63) is 57.6 Å². The molecule has 1 heterocycles. The molecule has 10 heteroatoms. The Bertz CT molecular complexity index is 1190. The fraction of sp³-hybridized carbons (Fsp3) is 0.273. The molecule has 0 radical (unpaired) electrons. The monoisotopic (exact) mass is 496 g/mol. The van der Waals surface area contributed by atoms with Crippen LogP contribution in [0.25, 0.3) is 10.9 Å². The van der Waals surface area contributed by atoms with Crippen molar-refractivity contribution in [2.75, 3.05) is 24.4 Å². The van der Waals surface area contributed by atoms with Crippen molar-refractivity contribution in [1.29, 1.82) is 0 Å². The number of anilines is 1. The zero-order valence-corrected chi connectivity index (χ0v) is 20.0. The molecule has 0 bridgehead atoms. The molecule has 2 atom stereocenters. The topological polar surface area (TPSA) is 88.8 Å². The third kappa shape index (κ3) is 4.54. The second-order valence-electron chi connectivity index (χ2n) is 7.16. The zero-order valence-electron chi connectivity index (χ0n) is 17.7. The van der Waals surface area contributed by atoms with Crippen LogP contribution in [-0.2, 0) is 32.2 Å². The van der Waals surface area contributed by atoms with Crippen LogP contribution in [0.2, 0.25) is 10.0 Å². The number of nitrogens with zero attached hydrogens (tertiary/aromatic N) is 2. The third-order valence-electron chi connectivity index (χ3n) is 5.27. The summed E-state index contributed by atoms with van der Waals surface area (Å²) in [6, 6.07) is 9.46. The predicted octanol–water partition coefficient (Wildman–Crippen LogP) is 3.77. The van der Waals surface area contributed by atoms with E-state index in [1.165, 1.54) is 12.0 Å². The Kier molecular flexibility index (Phi) is 7.61. The first kappa shape index (κ1) is 24.3. The van der Waals surface area contributed by atoms with Gasteiger partial charge in [-0.2, -0.15) is 0 Å². The Morgan fingerprint density at radius 2 is 1.91 bits per heavy atom. The molecule has 1 amide bonds. The minimum absolute atomic E-state index is 0.252. The van der Waals surface area contributed by atoms with Gasteiger partial charge in [-0.25, -0.2) is 0 Å². The number of ether oxygens (including phenoxy) is 1. The number of hydrogen-bond acceptors (Lipinski definition) is 5. The summed E-state index contributed by atoms with van der Waals surface area (Å²) in [6.45, 7) is 1.50. The van der Waals surface area contributed by atoms with Gasteiger partial charge in [0.15, 0.2) is 0 Å². The second-order valence-corrected chi connectivity index (χ2v) is 9.37. The van der Waals surface area contributed by atoms with E-state index < -0.39 is 22.8 Å². The van der Waals surface area contributed by atoms with Gasteiger partial charge in [-0.1, -0.05) is 35.3 Å². The Morgan fingerprint density at radius 3 is 2.47 bits per heavy atom. The summed E-state index contributed by atoms with van der Waals surface area (Å²) in [5, 5.41) is 11.6. The van der Waals surface area contributed by atoms with Crippen molar-refractivity contribution >= 4 is 63.1 Å². The van der Waals surface area contributed by atoms with Crippen LogP contribution in [0.3, 0.4) is 0 Å². The van der Waals surface area contributed by atoms with E-state index in [1.807, 2.05) is 13.0 Å². The average molecular weight is 497 g/mol. The fourth-order valence-corrected chi connectivity index (χ4v) is 4.89. The van der Waals surface area contributed by atoms with E-state index in [-0.39, 0.29) is 12.4 Å². The number of carbonyl (C=O) groups is 2. The van der Waals surface area contributed by atoms with Crippen LogP contribution in [0.15, 0.2) is 41.3 Å². The van der Waals surface area contributed by atoms with Crippen LogP contribution in [-0.4, -0.2) is 45.7 Å². The lowest BCUT2D eigenvalue weighted by molar-refractivity contribution is -0.137. The van der Waals surface area contributed by atoms with Crippen molar-refractivity contribution < 1.29 is 23.6 Å². The van der Waals surface area contributed by atoms with Gasteiger partial charge in [0.1, 0.15) is 11.6 Å². The van der Waals surface area contributed by atoms with Crippen LogP contribution < -0.4 is 4.90 Å². The molecule has 1 aromatic heterocycles. The van der Waals surface area contributed by atoms with Gasteiger partial charge in [-0.15, -0.1) is 0 Å². The summed E-state index contributed by atoms with van der Waals surface area (Å²) in [5.74, 6) is -0.299. The number of aliphatic hydroxyl groups excluding tert-OH is 1. The number of aromatic nitrogens is 1. The molecule has 0 aliphatic carbocycles. The molecule has 170 valence electrons. The van der Waals surface area contributed by atoms with E-state index in [4.69, 9.17) is 23.2 Å². The maximum Gasteiger partial charge on any atom is 0.318 e. The minimum atomic E-state index is -1.56. The Hall–Kier alpha value is -2.39. The number of halogens is 2. The molecule has 0 aliphatic heterocycles. The number of esters is 1. The SMILES string of the molecule is COC(=O)C[S@@](=O)c1ccc([C@@H](CO)N(C=O)c2cc3c(Cl)c(Cl)c(C)cc3n2C)cc1. The highest BCUT2D eigenvalue weighted by atomic mass is 35.5. The highest BCUT2D eigenvalue weighted by Gasteiger charge is 2.25. The van der Waals surface area contributed by atoms with Crippen molar-refractivity contribution in [3.63, 3.8) is 0 Å². The maximum absolute atomic E-state index is 12.3. The van der Waals surface area contributed by atoms with Gasteiger partial charge >= 0.3 is 5.97 Å². The molecule has 0 aliphatic rings. The van der Waals surface area contributed by atoms with Crippen molar-refractivity contribution in [1.82, 2.24) is 4.57 Å². The molecule has 3 aromatic rings. The van der Waals surface area contributed by atoms with Crippen molar-refractivity contribution in [3.8, 4) is 0 Å². The number of amides is 1. The normalized spacial score (nSPS) is 13.1. The molecule has 1 N–H and O–H groups in total. The molecule has 2 aromatic carbocycles. The van der Waals surface area contributed by atoms with E-state index in [2.05, 4.69) is 4.74 Å². The summed E-state index contributed by atoms with van der Waals surface area (Å²) in [7, 11) is 1.47. The number of aryl methyl sites for hydroxylation is 2. The third-order valence-corrected chi connectivity index (χ3v) is 7.55. The molecule has 0 saturated heterocycles. The number of rotatable bonds is 8. The first-order valence-electron chi connectivity index (χ1n) is 9.57. The number of fused-ring (bicyclic) bond motifs is 1. The Labute approximate surface area is 197 Å². The molecule has 7 nitrogen and oxygen atoms in total. The van der Waals surface area contributed by atoms with Gasteiger partial charge < -0.3 is 14.4 Å². The molecule has 3 rings (SSSR count). The summed E-state index contributed by atoms with van der Waals surface area (Å²) in [4.78, 5) is 25.3. The molecule has 0 fully saturated rings. The lowest BCUT2D eigenvalue weighted by atomic mass is 10.1. The van der Waals surface area contributed by atoms with Crippen LogP contribution >= 0.6 is 23.2 Å². The summed E-state index contributed by atoms with van der Waals surface area (Å²) in [6.07, 6.45) is 0.640. The van der Waals surface area contributed by atoms with E-state index in [0.29, 0.717) is 38.1 Å². The molecule has 32 heavy (non-hydrogen) atoms. The van der Waals surface area contributed by atoms with E-state index >= 15 is 0 Å². The Balaban J connectivity index is 1.98. The van der Waals surface area contributed by atoms with E-state index in [0.717, 1.165) is 11.1 Å². The molecule has 0 saturated carbocycles. The van der Waals surface area contributed by atoms with Gasteiger partial charge in [-0.3, -0.25) is 18.7 Å². The first-order valence-corrected chi connectivity index (χ1v) is 11.6. The lowest BCUT2D eigenvalue weighted by Crippen LogP contribution is -2.31. The van der Waals surface area contributed by atoms with Gasteiger partial charge in [-0.05, 0) is 42.3 Å². The number of aliphatic hydroxyl groups is 1. The predicted molar refractivity (Wildman–Crippen MR) is 126 cm³/mol. The molecule has 0 spiro atoms. The standard InChI is InChI=1S/C22H22Cl2N2O5S/c1-13-8-17-16(22(24)21(13)23)9-19(25(17)2)26(12-28)18(10-27)14-4-6-15(7-5-14)32(30)11-20(29)31-3/h4-9,12,18,27H,10-11H2,1-3H3/t18-,32-/m1/s1. The number of carbonyl (C=O) groups excluding carboxylic acids is 2. The lowest BCUT2D eigenvalue weighted by Gasteiger charge is -2.27. The van der Waals surface area contributed by atoms with E-state index in [1.54, 1.807) is 41.9 Å². The molecular weight excluding hydrogens is 475 g/mol. The summed E-state index contributed by atoms with van der Waals surface area (Å²) in [5.41, 5.74) is 2.23. The fourth-order valence-electron chi connectivity index (χ4n) is 3.49. The van der Waals surface area contributed by atoms with Crippen molar-refractivity contribution in [2.45, 2.75) is 17.9 Å². The van der Waals surface area contributed by atoms with Gasteiger partial charge in [0.2, 0.25) is 6.41 Å². The smallest absolute Gasteiger partial charge is 0.318 e. The van der Waals surface area contributed by atoms with Crippen LogP contribution in [0, 0.1) is 6.92 Å². The second kappa shape index (κ2) is 10.0. The number of hydrogen-bond donors (Lipinski definition) is 1. The molecular formula is C22H22Cl2N2O5S. The number of benzene rings is 2. The van der Waals surface area contributed by atoms with E-state index in [9.17, 15) is 18.9 Å². The first-order chi connectivity index (χ1) is 15.2. The highest BCUT2D eigenvalue weighted by Crippen LogP contribution is 2.38. The zero-order chi connectivity index (χ0) is 23.6. The van der Waals surface area contributed by atoms with Crippen LogP contribution in [0.1, 0.15) is 17.2 Å². The number of methoxy groups -OCH3 is 1. The molecule has 0 unspecified atom stereocenters. The van der Waals surface area contributed by atoms with Crippen LogP contribution in [0.4, 0.5) is 5.82 Å². The maximum atomic E-state index is 12.3. The Morgan fingerprint density at radius 1 is 1.25 bits per heavy atom. The van der Waals surface area contributed by atoms with Crippen LogP contribution in [0.5, 0.6) is 0 Å². The van der Waals surface area contributed by atoms with Gasteiger partial charge in [0.05, 0.1) is 46.1 Å². The quantitative estimate of drug-likeness (QED) is 0.378. The summed E-state index contributed by atoms with van der Waals surface area (Å²) < 4.78 is 18.6. The van der Waals surface area contributed by atoms with Gasteiger partial charge in [0.25, 0.3) is 0 Å². The average Bonchev–Trinajstić information content (AvgIpc) is 3.11. The highest BCUT2D eigenvalue weighted by molar-refractivity contribution is 7.85. The minimum Gasteiger partial charge on any atom is -0.468 e. The summed E-state index contributed by atoms with van der Waals surface area (Å²) >= 11 is 12.7. The largest absolute Gasteiger partial charge is 0.468 e.